The summed E-state index contributed by atoms with van der Waals surface area (Å²) in [5, 5.41) is 5.31. The largest absolute Gasteiger partial charge is 0.444 e. The van der Waals surface area contributed by atoms with E-state index in [1.54, 1.807) is 26.8 Å². The van der Waals surface area contributed by atoms with Gasteiger partial charge in [0.15, 0.2) is 0 Å². The van der Waals surface area contributed by atoms with Crippen LogP contribution in [0.25, 0.3) is 0 Å². The van der Waals surface area contributed by atoms with Gasteiger partial charge in [0.1, 0.15) is 17.5 Å². The van der Waals surface area contributed by atoms with Gasteiger partial charge < -0.3 is 24.8 Å². The molecule has 0 saturated carbocycles. The molecule has 2 amide bonds. The number of rotatable bonds is 10. The lowest BCUT2D eigenvalue weighted by molar-refractivity contribution is -0.124. The van der Waals surface area contributed by atoms with Crippen molar-refractivity contribution in [1.82, 2.24) is 10.6 Å². The molecular formula is C24H31FN2O5. The number of benzene rings is 2. The maximum absolute atomic E-state index is 13.2. The van der Waals surface area contributed by atoms with E-state index >= 15 is 0 Å². The minimum Gasteiger partial charge on any atom is -0.444 e. The Balaban J connectivity index is 1.80. The first-order valence-electron chi connectivity index (χ1n) is 10.3. The molecule has 0 aliphatic rings. The van der Waals surface area contributed by atoms with Crippen LogP contribution < -0.4 is 10.6 Å². The molecule has 2 aromatic rings. The molecule has 1 unspecified atom stereocenters. The Morgan fingerprint density at radius 3 is 2.28 bits per heavy atom. The van der Waals surface area contributed by atoms with Crippen molar-refractivity contribution in [1.29, 1.82) is 0 Å². The summed E-state index contributed by atoms with van der Waals surface area (Å²) in [6.45, 7) is 6.25. The second kappa shape index (κ2) is 12.2. The molecule has 0 spiro atoms. The van der Waals surface area contributed by atoms with Gasteiger partial charge in [0, 0.05) is 13.7 Å². The van der Waals surface area contributed by atoms with Crippen molar-refractivity contribution < 1.29 is 28.2 Å². The van der Waals surface area contributed by atoms with Crippen LogP contribution in [0.4, 0.5) is 9.18 Å². The van der Waals surface area contributed by atoms with Crippen molar-refractivity contribution in [3.63, 3.8) is 0 Å². The third kappa shape index (κ3) is 9.45. The van der Waals surface area contributed by atoms with Gasteiger partial charge in [-0.3, -0.25) is 4.79 Å². The van der Waals surface area contributed by atoms with E-state index in [9.17, 15) is 14.0 Å². The standard InChI is InChI=1S/C24H31FN2O5/c1-24(2,3)32-23(29)27-21(16-30-4)22(28)26-13-17-8-10-18(11-9-17)14-31-15-19-6-5-7-20(25)12-19/h5-12,21H,13-16H2,1-4H3,(H,26,28)(H,27,29). The number of nitrogens with one attached hydrogen (secondary N) is 2. The fraction of sp³-hybridized carbons (Fsp3) is 0.417. The number of carbonyl (C=O) groups is 2. The molecule has 2 N–H and O–H groups in total. The van der Waals surface area contributed by atoms with Crippen LogP contribution in [0.5, 0.6) is 0 Å². The van der Waals surface area contributed by atoms with Crippen molar-refractivity contribution in [3.8, 4) is 0 Å². The monoisotopic (exact) mass is 446 g/mol. The molecule has 0 fully saturated rings. The Labute approximate surface area is 188 Å². The summed E-state index contributed by atoms with van der Waals surface area (Å²) in [6.07, 6.45) is -0.683. The minimum atomic E-state index is -0.870. The van der Waals surface area contributed by atoms with Crippen molar-refractivity contribution in [2.75, 3.05) is 13.7 Å². The Bertz CT molecular complexity index is 881. The first-order valence-corrected chi connectivity index (χ1v) is 10.3. The number of ether oxygens (including phenoxy) is 3. The summed E-state index contributed by atoms with van der Waals surface area (Å²) in [5.41, 5.74) is 1.96. The smallest absolute Gasteiger partial charge is 0.408 e. The molecule has 7 nitrogen and oxygen atoms in total. The summed E-state index contributed by atoms with van der Waals surface area (Å²) in [6, 6.07) is 13.0. The molecule has 0 bridgehead atoms. The Morgan fingerprint density at radius 2 is 1.66 bits per heavy atom. The van der Waals surface area contributed by atoms with Gasteiger partial charge >= 0.3 is 6.09 Å². The zero-order valence-electron chi connectivity index (χ0n) is 18.9. The molecule has 1 atom stereocenters. The molecule has 8 heteroatoms. The van der Waals surface area contributed by atoms with E-state index in [1.807, 2.05) is 30.3 Å². The highest BCUT2D eigenvalue weighted by Crippen LogP contribution is 2.10. The Kier molecular flexibility index (Phi) is 9.61. The van der Waals surface area contributed by atoms with Crippen LogP contribution in [-0.4, -0.2) is 37.4 Å². The molecule has 2 rings (SSSR count). The lowest BCUT2D eigenvalue weighted by Crippen LogP contribution is -2.50. The van der Waals surface area contributed by atoms with Gasteiger partial charge in [-0.05, 0) is 49.6 Å². The van der Waals surface area contributed by atoms with Crippen LogP contribution in [-0.2, 0) is 38.8 Å². The third-order valence-corrected chi connectivity index (χ3v) is 4.26. The van der Waals surface area contributed by atoms with Gasteiger partial charge in [0.2, 0.25) is 5.91 Å². The maximum atomic E-state index is 13.2. The molecule has 0 aromatic heterocycles. The molecule has 174 valence electrons. The van der Waals surface area contributed by atoms with Gasteiger partial charge in [-0.15, -0.1) is 0 Å². The van der Waals surface area contributed by atoms with Crippen LogP contribution in [0.3, 0.4) is 0 Å². The molecule has 0 heterocycles. The predicted molar refractivity (Wildman–Crippen MR) is 118 cm³/mol. The van der Waals surface area contributed by atoms with E-state index in [0.29, 0.717) is 19.8 Å². The van der Waals surface area contributed by atoms with Crippen LogP contribution in [0, 0.1) is 5.82 Å². The zero-order valence-corrected chi connectivity index (χ0v) is 18.9. The maximum Gasteiger partial charge on any atom is 0.408 e. The minimum absolute atomic E-state index is 0.0205. The van der Waals surface area contributed by atoms with E-state index in [4.69, 9.17) is 14.2 Å². The molecule has 0 radical (unpaired) electrons. The van der Waals surface area contributed by atoms with Gasteiger partial charge in [0.25, 0.3) is 0 Å². The number of carbonyl (C=O) groups excluding carboxylic acids is 2. The molecule has 2 aromatic carbocycles. The van der Waals surface area contributed by atoms with E-state index in [0.717, 1.165) is 16.7 Å². The number of methoxy groups -OCH3 is 1. The average Bonchev–Trinajstić information content (AvgIpc) is 2.71. The fourth-order valence-electron chi connectivity index (χ4n) is 2.78. The van der Waals surface area contributed by atoms with E-state index in [-0.39, 0.29) is 18.3 Å². The second-order valence-corrected chi connectivity index (χ2v) is 8.31. The number of alkyl carbamates (subject to hydrolysis) is 1. The topological polar surface area (TPSA) is 85.9 Å². The number of halogens is 1. The Hall–Kier alpha value is -2.97. The second-order valence-electron chi connectivity index (χ2n) is 8.31. The van der Waals surface area contributed by atoms with E-state index < -0.39 is 17.7 Å². The summed E-state index contributed by atoms with van der Waals surface area (Å²) < 4.78 is 29.0. The van der Waals surface area contributed by atoms with Crippen molar-refractivity contribution in [2.45, 2.75) is 52.2 Å². The normalized spacial score (nSPS) is 12.2. The van der Waals surface area contributed by atoms with Crippen molar-refractivity contribution in [2.24, 2.45) is 0 Å². The van der Waals surface area contributed by atoms with Gasteiger partial charge in [0.05, 0.1) is 19.8 Å². The van der Waals surface area contributed by atoms with Crippen LogP contribution in [0.1, 0.15) is 37.5 Å². The highest BCUT2D eigenvalue weighted by atomic mass is 19.1. The molecule has 0 saturated heterocycles. The number of hydrogen-bond acceptors (Lipinski definition) is 5. The highest BCUT2D eigenvalue weighted by Gasteiger charge is 2.24. The van der Waals surface area contributed by atoms with Gasteiger partial charge in [-0.1, -0.05) is 36.4 Å². The summed E-state index contributed by atoms with van der Waals surface area (Å²) >= 11 is 0. The summed E-state index contributed by atoms with van der Waals surface area (Å²) in [5.74, 6) is -0.660. The molecule has 0 aliphatic heterocycles. The molecule has 32 heavy (non-hydrogen) atoms. The highest BCUT2D eigenvalue weighted by molar-refractivity contribution is 5.85. The third-order valence-electron chi connectivity index (χ3n) is 4.26. The predicted octanol–water partition coefficient (Wildman–Crippen LogP) is 3.70. The first-order chi connectivity index (χ1) is 15.2. The first kappa shape index (κ1) is 25.3. The Morgan fingerprint density at radius 1 is 1.00 bits per heavy atom. The van der Waals surface area contributed by atoms with Crippen molar-refractivity contribution >= 4 is 12.0 Å². The average molecular weight is 447 g/mol. The lowest BCUT2D eigenvalue weighted by Gasteiger charge is -2.23. The molecular weight excluding hydrogens is 415 g/mol. The molecule has 0 aliphatic carbocycles. The van der Waals surface area contributed by atoms with E-state index in [1.165, 1.54) is 19.2 Å². The zero-order chi connectivity index (χ0) is 23.6. The van der Waals surface area contributed by atoms with Crippen LogP contribution >= 0.6 is 0 Å². The van der Waals surface area contributed by atoms with Crippen molar-refractivity contribution in [3.05, 3.63) is 71.0 Å². The lowest BCUT2D eigenvalue weighted by atomic mass is 10.1. The van der Waals surface area contributed by atoms with Gasteiger partial charge in [-0.2, -0.15) is 0 Å². The SMILES string of the molecule is COCC(NC(=O)OC(C)(C)C)C(=O)NCc1ccc(COCc2cccc(F)c2)cc1. The van der Waals surface area contributed by atoms with E-state index in [2.05, 4.69) is 10.6 Å². The fourth-order valence-corrected chi connectivity index (χ4v) is 2.78. The quantitative estimate of drug-likeness (QED) is 0.581. The number of hydrogen-bond donors (Lipinski definition) is 2. The summed E-state index contributed by atoms with van der Waals surface area (Å²) in [4.78, 5) is 24.4. The van der Waals surface area contributed by atoms with Crippen LogP contribution in [0.15, 0.2) is 48.5 Å². The van der Waals surface area contributed by atoms with Gasteiger partial charge in [-0.25, -0.2) is 9.18 Å². The van der Waals surface area contributed by atoms with Crippen LogP contribution in [0.2, 0.25) is 0 Å². The number of amides is 2. The summed E-state index contributed by atoms with van der Waals surface area (Å²) in [7, 11) is 1.45.